The van der Waals surface area contributed by atoms with Gasteiger partial charge in [-0.1, -0.05) is 12.1 Å². The smallest absolute Gasteiger partial charge is 0.257 e. The minimum absolute atomic E-state index is 0.0146. The van der Waals surface area contributed by atoms with Crippen LogP contribution in [0, 0.1) is 0 Å². The van der Waals surface area contributed by atoms with E-state index in [1.54, 1.807) is 5.51 Å². The second-order valence-electron chi connectivity index (χ2n) is 5.39. The molecule has 0 unspecified atom stereocenters. The van der Waals surface area contributed by atoms with E-state index in [0.717, 1.165) is 18.5 Å². The number of nitrogens with two attached hydrogens (primary N) is 1. The van der Waals surface area contributed by atoms with E-state index >= 15 is 0 Å². The van der Waals surface area contributed by atoms with Gasteiger partial charge in [-0.25, -0.2) is 4.98 Å². The predicted octanol–water partition coefficient (Wildman–Crippen LogP) is 2.29. The Balaban J connectivity index is 1.71. The van der Waals surface area contributed by atoms with Crippen LogP contribution in [0.15, 0.2) is 35.2 Å². The maximum atomic E-state index is 12.7. The maximum absolute atomic E-state index is 12.7. The summed E-state index contributed by atoms with van der Waals surface area (Å²) in [4.78, 5) is 18.7. The Hall–Kier alpha value is -1.92. The molecule has 5 nitrogen and oxygen atoms in total. The molecular weight excluding hydrogens is 298 g/mol. The van der Waals surface area contributed by atoms with Crippen LogP contribution >= 0.6 is 11.3 Å². The highest BCUT2D eigenvalue weighted by Crippen LogP contribution is 2.22. The van der Waals surface area contributed by atoms with Crippen molar-refractivity contribution in [2.45, 2.75) is 25.5 Å². The average Bonchev–Trinajstić information content (AvgIpc) is 3.07. The molecule has 0 saturated carbocycles. The Morgan fingerprint density at radius 1 is 1.36 bits per heavy atom. The van der Waals surface area contributed by atoms with Gasteiger partial charge in [0.25, 0.3) is 5.91 Å². The van der Waals surface area contributed by atoms with Crippen LogP contribution in [-0.2, 0) is 6.61 Å². The second kappa shape index (κ2) is 6.89. The van der Waals surface area contributed by atoms with Gasteiger partial charge >= 0.3 is 0 Å². The zero-order valence-corrected chi connectivity index (χ0v) is 13.1. The molecule has 1 fully saturated rings. The number of benzene rings is 1. The van der Waals surface area contributed by atoms with Crippen LogP contribution < -0.4 is 10.5 Å². The van der Waals surface area contributed by atoms with E-state index in [9.17, 15) is 4.79 Å². The van der Waals surface area contributed by atoms with Crippen LogP contribution in [0.25, 0.3) is 0 Å². The van der Waals surface area contributed by atoms with Crippen molar-refractivity contribution in [3.8, 4) is 5.75 Å². The lowest BCUT2D eigenvalue weighted by Crippen LogP contribution is -2.42. The Bertz CT molecular complexity index is 622. The van der Waals surface area contributed by atoms with Gasteiger partial charge in [-0.15, -0.1) is 11.3 Å². The number of likely N-dealkylation sites (tertiary alicyclic amines) is 1. The Morgan fingerprint density at radius 3 is 2.86 bits per heavy atom. The molecule has 0 radical (unpaired) electrons. The predicted molar refractivity (Wildman–Crippen MR) is 86.0 cm³/mol. The number of nitrogens with zero attached hydrogens (tertiary/aromatic N) is 2. The van der Waals surface area contributed by atoms with Crippen molar-refractivity contribution in [1.29, 1.82) is 0 Å². The number of ether oxygens (including phenoxy) is 1. The van der Waals surface area contributed by atoms with E-state index in [2.05, 4.69) is 4.98 Å². The lowest BCUT2D eigenvalue weighted by Gasteiger charge is -2.30. The Morgan fingerprint density at radius 2 is 2.14 bits per heavy atom. The van der Waals surface area contributed by atoms with E-state index in [1.165, 1.54) is 11.3 Å². The van der Waals surface area contributed by atoms with Gasteiger partial charge in [-0.3, -0.25) is 4.79 Å². The summed E-state index contributed by atoms with van der Waals surface area (Å²) in [6.07, 6.45) is 1.71. The molecule has 116 valence electrons. The van der Waals surface area contributed by atoms with Gasteiger partial charge in [0, 0.05) is 24.5 Å². The average molecular weight is 317 g/mol. The van der Waals surface area contributed by atoms with Crippen LogP contribution in [0.3, 0.4) is 0 Å². The van der Waals surface area contributed by atoms with E-state index < -0.39 is 0 Å². The number of para-hydroxylation sites is 1. The minimum Gasteiger partial charge on any atom is -0.486 e. The molecule has 3 rings (SSSR count). The van der Waals surface area contributed by atoms with Crippen LogP contribution in [0.2, 0.25) is 0 Å². The van der Waals surface area contributed by atoms with Crippen LogP contribution in [0.1, 0.15) is 28.9 Å². The van der Waals surface area contributed by atoms with Crippen LogP contribution in [0.5, 0.6) is 5.75 Å². The van der Waals surface area contributed by atoms with Crippen molar-refractivity contribution in [1.82, 2.24) is 9.88 Å². The summed E-state index contributed by atoms with van der Waals surface area (Å²) in [7, 11) is 0. The molecule has 0 spiro atoms. The standard InChI is InChI=1S/C16H19N3O2S/c17-12-5-7-19(8-6-12)16(20)14-3-1-2-4-15(14)21-9-13-10-22-11-18-13/h1-4,10-12H,5-9,17H2. The number of rotatable bonds is 4. The van der Waals surface area contributed by atoms with Crippen molar-refractivity contribution in [3.63, 3.8) is 0 Å². The van der Waals surface area contributed by atoms with Crippen molar-refractivity contribution in [2.75, 3.05) is 13.1 Å². The quantitative estimate of drug-likeness (QED) is 0.939. The van der Waals surface area contributed by atoms with Gasteiger partial charge in [-0.2, -0.15) is 0 Å². The fourth-order valence-corrected chi connectivity index (χ4v) is 3.05. The van der Waals surface area contributed by atoms with Crippen molar-refractivity contribution in [3.05, 3.63) is 46.4 Å². The zero-order chi connectivity index (χ0) is 15.4. The molecule has 2 N–H and O–H groups in total. The summed E-state index contributed by atoms with van der Waals surface area (Å²) in [5.41, 5.74) is 9.15. The third kappa shape index (κ3) is 3.45. The third-order valence-electron chi connectivity index (χ3n) is 3.80. The highest BCUT2D eigenvalue weighted by atomic mass is 32.1. The van der Waals surface area contributed by atoms with Gasteiger partial charge in [0.15, 0.2) is 0 Å². The van der Waals surface area contributed by atoms with Crippen LogP contribution in [-0.4, -0.2) is 34.9 Å². The number of amides is 1. The van der Waals surface area contributed by atoms with Gasteiger partial charge in [-0.05, 0) is 25.0 Å². The van der Waals surface area contributed by atoms with E-state index in [0.29, 0.717) is 31.0 Å². The number of hydrogen-bond donors (Lipinski definition) is 1. The van der Waals surface area contributed by atoms with Gasteiger partial charge in [0.05, 0.1) is 16.8 Å². The normalized spacial score (nSPS) is 15.8. The molecule has 6 heteroatoms. The van der Waals surface area contributed by atoms with E-state index in [4.69, 9.17) is 10.5 Å². The van der Waals surface area contributed by atoms with Crippen molar-refractivity contribution in [2.24, 2.45) is 5.73 Å². The molecule has 1 aliphatic heterocycles. The topological polar surface area (TPSA) is 68.5 Å². The van der Waals surface area contributed by atoms with E-state index in [-0.39, 0.29) is 11.9 Å². The molecule has 1 saturated heterocycles. The van der Waals surface area contributed by atoms with Gasteiger partial charge in [0.2, 0.25) is 0 Å². The first-order valence-corrected chi connectivity index (χ1v) is 8.32. The van der Waals surface area contributed by atoms with Crippen LogP contribution in [0.4, 0.5) is 0 Å². The highest BCUT2D eigenvalue weighted by molar-refractivity contribution is 7.07. The van der Waals surface area contributed by atoms with Crippen molar-refractivity contribution >= 4 is 17.2 Å². The number of aromatic nitrogens is 1. The summed E-state index contributed by atoms with van der Waals surface area (Å²) in [5.74, 6) is 0.621. The lowest BCUT2D eigenvalue weighted by atomic mass is 10.0. The SMILES string of the molecule is NC1CCN(C(=O)c2ccccc2OCc2cscn2)CC1. The molecule has 1 aromatic carbocycles. The molecule has 0 aliphatic carbocycles. The second-order valence-corrected chi connectivity index (χ2v) is 6.11. The first-order chi connectivity index (χ1) is 10.7. The largest absolute Gasteiger partial charge is 0.486 e. The summed E-state index contributed by atoms with van der Waals surface area (Å²) >= 11 is 1.53. The lowest BCUT2D eigenvalue weighted by molar-refractivity contribution is 0.0710. The molecule has 2 heterocycles. The summed E-state index contributed by atoms with van der Waals surface area (Å²) in [6, 6.07) is 7.58. The number of carbonyl (C=O) groups excluding carboxylic acids is 1. The molecule has 22 heavy (non-hydrogen) atoms. The first kappa shape index (κ1) is 15.0. The minimum atomic E-state index is 0.0146. The van der Waals surface area contributed by atoms with Gasteiger partial charge < -0.3 is 15.4 Å². The van der Waals surface area contributed by atoms with E-state index in [1.807, 2.05) is 34.5 Å². The fraction of sp³-hybridized carbons (Fsp3) is 0.375. The number of piperidine rings is 1. The number of carbonyl (C=O) groups is 1. The molecule has 2 aromatic rings. The first-order valence-electron chi connectivity index (χ1n) is 7.38. The Kier molecular flexibility index (Phi) is 4.70. The van der Waals surface area contributed by atoms with Gasteiger partial charge in [0.1, 0.15) is 12.4 Å². The highest BCUT2D eigenvalue weighted by Gasteiger charge is 2.23. The summed E-state index contributed by atoms with van der Waals surface area (Å²) in [5, 5.41) is 1.94. The molecule has 1 aliphatic rings. The monoisotopic (exact) mass is 317 g/mol. The molecule has 0 bridgehead atoms. The summed E-state index contributed by atoms with van der Waals surface area (Å²) in [6.45, 7) is 1.79. The molecule has 0 atom stereocenters. The fourth-order valence-electron chi connectivity index (χ4n) is 2.50. The number of thiazole rings is 1. The summed E-state index contributed by atoms with van der Waals surface area (Å²) < 4.78 is 5.79. The maximum Gasteiger partial charge on any atom is 0.257 e. The Labute approximate surface area is 133 Å². The molecular formula is C16H19N3O2S. The third-order valence-corrected chi connectivity index (χ3v) is 4.44. The molecule has 1 amide bonds. The molecule has 1 aromatic heterocycles. The van der Waals surface area contributed by atoms with Crippen molar-refractivity contribution < 1.29 is 9.53 Å². The zero-order valence-electron chi connectivity index (χ0n) is 12.3. The number of hydrogen-bond acceptors (Lipinski definition) is 5.